The van der Waals surface area contributed by atoms with E-state index >= 15 is 0 Å². The van der Waals surface area contributed by atoms with E-state index in [-0.39, 0.29) is 41.5 Å². The Morgan fingerprint density at radius 2 is 1.83 bits per heavy atom. The van der Waals surface area contributed by atoms with Crippen LogP contribution in [0, 0.1) is 0 Å². The number of hydrogen-bond acceptors (Lipinski definition) is 6. The number of fused-ring (bicyclic) bond motifs is 1. The van der Waals surface area contributed by atoms with E-state index in [1.165, 1.54) is 12.1 Å². The van der Waals surface area contributed by atoms with Gasteiger partial charge in [-0.25, -0.2) is 17.9 Å². The Bertz CT molecular complexity index is 1140. The minimum Gasteiger partial charge on any atom is -0.332 e. The Morgan fingerprint density at radius 3 is 2.58 bits per heavy atom. The Balaban J connectivity index is 1.16. The summed E-state index contributed by atoms with van der Waals surface area (Å²) in [5.74, 6) is 0.822. The quantitative estimate of drug-likeness (QED) is 0.211. The maximum absolute atomic E-state index is 12.6. The smallest absolute Gasteiger partial charge is 0.315 e. The molecule has 0 aliphatic carbocycles. The summed E-state index contributed by atoms with van der Waals surface area (Å²) >= 11 is 1.87. The molecule has 2 heterocycles. The number of thioether (sulfide) groups is 1. The van der Waals surface area contributed by atoms with Crippen molar-refractivity contribution in [2.75, 3.05) is 17.6 Å². The molecule has 194 valence electrons. The van der Waals surface area contributed by atoms with Crippen LogP contribution in [0.5, 0.6) is 0 Å². The molecule has 36 heavy (non-hydrogen) atoms. The molecule has 11 heteroatoms. The van der Waals surface area contributed by atoms with Gasteiger partial charge in [0, 0.05) is 35.7 Å². The number of nitrogens with two attached hydrogens (primary N) is 1. The van der Waals surface area contributed by atoms with Crippen LogP contribution in [0.2, 0.25) is 0 Å². The number of nitrogens with one attached hydrogen (secondary N) is 4. The summed E-state index contributed by atoms with van der Waals surface area (Å²) in [6.45, 7) is 0.223. The third-order valence-electron chi connectivity index (χ3n) is 6.50. The van der Waals surface area contributed by atoms with E-state index in [0.717, 1.165) is 30.6 Å². The summed E-state index contributed by atoms with van der Waals surface area (Å²) in [6, 6.07) is 15.8. The van der Waals surface area contributed by atoms with Crippen molar-refractivity contribution in [3.8, 4) is 0 Å². The third-order valence-corrected chi connectivity index (χ3v) is 9.49. The number of unbranched alkanes of at least 4 members (excludes halogenated alkanes) is 1. The molecule has 2 aliphatic rings. The van der Waals surface area contributed by atoms with Gasteiger partial charge in [0.05, 0.1) is 17.0 Å². The topological polar surface area (TPSA) is 142 Å². The van der Waals surface area contributed by atoms with Crippen LogP contribution in [0.15, 0.2) is 59.5 Å². The summed E-state index contributed by atoms with van der Waals surface area (Å²) in [7, 11) is -3.67. The van der Waals surface area contributed by atoms with Gasteiger partial charge in [0.25, 0.3) is 0 Å². The molecule has 0 aromatic heterocycles. The van der Waals surface area contributed by atoms with Gasteiger partial charge in [-0.05, 0) is 49.1 Å². The average Bonchev–Trinajstić information content (AvgIpc) is 3.41. The van der Waals surface area contributed by atoms with Gasteiger partial charge in [0.15, 0.2) is 0 Å². The Kier molecular flexibility index (Phi) is 8.89. The van der Waals surface area contributed by atoms with Gasteiger partial charge in [-0.15, -0.1) is 0 Å². The fourth-order valence-electron chi connectivity index (χ4n) is 4.51. The normalized spacial score (nSPS) is 21.9. The van der Waals surface area contributed by atoms with Crippen molar-refractivity contribution in [2.45, 2.75) is 60.4 Å². The van der Waals surface area contributed by atoms with Crippen LogP contribution in [0.25, 0.3) is 0 Å². The van der Waals surface area contributed by atoms with Crippen molar-refractivity contribution in [3.63, 3.8) is 0 Å². The predicted molar refractivity (Wildman–Crippen MR) is 142 cm³/mol. The molecule has 2 unspecified atom stereocenters. The highest BCUT2D eigenvalue weighted by Crippen LogP contribution is 2.33. The number of urea groups is 1. The minimum absolute atomic E-state index is 0.0865. The van der Waals surface area contributed by atoms with Gasteiger partial charge in [-0.3, -0.25) is 4.79 Å². The zero-order chi connectivity index (χ0) is 25.5. The van der Waals surface area contributed by atoms with E-state index in [1.807, 2.05) is 42.1 Å². The molecule has 2 aromatic rings. The fourth-order valence-corrected chi connectivity index (χ4v) is 7.11. The van der Waals surface area contributed by atoms with Crippen LogP contribution < -0.4 is 26.4 Å². The number of carbonyl (C=O) groups excluding carboxylic acids is 2. The molecule has 3 amide bonds. The van der Waals surface area contributed by atoms with E-state index < -0.39 is 10.0 Å². The third kappa shape index (κ3) is 7.00. The Labute approximate surface area is 216 Å². The van der Waals surface area contributed by atoms with Crippen molar-refractivity contribution in [1.29, 1.82) is 0 Å². The Hall–Kier alpha value is -2.60. The maximum Gasteiger partial charge on any atom is 0.315 e. The molecular formula is C25H33N5O4S2. The van der Waals surface area contributed by atoms with E-state index in [9.17, 15) is 18.0 Å². The number of benzene rings is 2. The molecule has 2 aliphatic heterocycles. The fraction of sp³-hybridized carbons (Fsp3) is 0.440. The first-order valence-electron chi connectivity index (χ1n) is 12.2. The summed E-state index contributed by atoms with van der Waals surface area (Å²) in [5.41, 5.74) is 7.65. The highest BCUT2D eigenvalue weighted by molar-refractivity contribution is 8.00. The van der Waals surface area contributed by atoms with Gasteiger partial charge in [0.1, 0.15) is 0 Å². The van der Waals surface area contributed by atoms with Crippen LogP contribution in [0.4, 0.5) is 10.5 Å². The molecule has 6 N–H and O–H groups in total. The monoisotopic (exact) mass is 531 g/mol. The number of carbonyl (C=O) groups is 2. The molecule has 2 aromatic carbocycles. The molecule has 4 atom stereocenters. The van der Waals surface area contributed by atoms with Crippen LogP contribution in [-0.2, 0) is 14.8 Å². The lowest BCUT2D eigenvalue weighted by molar-refractivity contribution is -0.116. The summed E-state index contributed by atoms with van der Waals surface area (Å²) in [4.78, 5) is 23.9. The first-order valence-corrected chi connectivity index (χ1v) is 14.7. The highest BCUT2D eigenvalue weighted by atomic mass is 32.2. The van der Waals surface area contributed by atoms with E-state index in [0.29, 0.717) is 23.8 Å². The summed E-state index contributed by atoms with van der Waals surface area (Å²) in [5, 5.41) is 9.13. The van der Waals surface area contributed by atoms with E-state index in [2.05, 4.69) is 20.7 Å². The van der Waals surface area contributed by atoms with Gasteiger partial charge >= 0.3 is 6.03 Å². The zero-order valence-electron chi connectivity index (χ0n) is 20.0. The molecule has 4 rings (SSSR count). The van der Waals surface area contributed by atoms with Crippen molar-refractivity contribution in [3.05, 3.63) is 60.2 Å². The maximum atomic E-state index is 12.6. The minimum atomic E-state index is -3.67. The van der Waals surface area contributed by atoms with Gasteiger partial charge in [0.2, 0.25) is 15.9 Å². The lowest BCUT2D eigenvalue weighted by Crippen LogP contribution is -2.36. The molecule has 0 spiro atoms. The summed E-state index contributed by atoms with van der Waals surface area (Å²) < 4.78 is 27.8. The second-order valence-corrected chi connectivity index (χ2v) is 12.2. The van der Waals surface area contributed by atoms with Crippen LogP contribution in [-0.4, -0.2) is 50.0 Å². The first kappa shape index (κ1) is 26.5. The molecule has 0 bridgehead atoms. The number of hydrogen-bond donors (Lipinski definition) is 5. The molecule has 2 fully saturated rings. The molecule has 0 radical (unpaired) electrons. The van der Waals surface area contributed by atoms with Gasteiger partial charge < -0.3 is 21.7 Å². The lowest BCUT2D eigenvalue weighted by atomic mass is 10.0. The second-order valence-electron chi connectivity index (χ2n) is 9.14. The molecule has 0 saturated carbocycles. The SMILES string of the molecule is N[C@@H](CCNS(=O)(=O)c1ccc(NC(=O)CCCC[C@H]2SCC3NC(=O)NC32)cc1)c1ccccc1. The average molecular weight is 532 g/mol. The van der Waals surface area contributed by atoms with Crippen molar-refractivity contribution in [1.82, 2.24) is 15.4 Å². The first-order chi connectivity index (χ1) is 17.3. The van der Waals surface area contributed by atoms with Crippen LogP contribution in [0.3, 0.4) is 0 Å². The lowest BCUT2D eigenvalue weighted by Gasteiger charge is -2.16. The standard InChI is InChI=1S/C25H33N5O4S2/c26-20(17-6-2-1-3-7-17)14-15-27-36(33,34)19-12-10-18(11-13-19)28-23(31)9-5-4-8-22-24-21(16-35-22)29-25(32)30-24/h1-3,6-7,10-13,20-22,24,27H,4-5,8-9,14-16,26H2,(H,28,31)(H2,29,30,32)/t20-,21?,22+,24?/m0/s1. The summed E-state index contributed by atoms with van der Waals surface area (Å²) in [6.07, 6.45) is 3.48. The van der Waals surface area contributed by atoms with E-state index in [1.54, 1.807) is 12.1 Å². The van der Waals surface area contributed by atoms with Crippen LogP contribution in [0.1, 0.15) is 43.7 Å². The molecule has 2 saturated heterocycles. The molecular weight excluding hydrogens is 498 g/mol. The second kappa shape index (κ2) is 12.1. The van der Waals surface area contributed by atoms with Crippen molar-refractivity contribution >= 4 is 39.4 Å². The van der Waals surface area contributed by atoms with Crippen LogP contribution >= 0.6 is 11.8 Å². The predicted octanol–water partition coefficient (Wildman–Crippen LogP) is 2.72. The number of sulfonamides is 1. The largest absolute Gasteiger partial charge is 0.332 e. The molecule has 9 nitrogen and oxygen atoms in total. The highest BCUT2D eigenvalue weighted by Gasteiger charge is 2.42. The van der Waals surface area contributed by atoms with E-state index in [4.69, 9.17) is 5.73 Å². The van der Waals surface area contributed by atoms with Crippen molar-refractivity contribution in [2.24, 2.45) is 5.73 Å². The number of amides is 3. The number of rotatable bonds is 12. The zero-order valence-corrected chi connectivity index (χ0v) is 21.6. The van der Waals surface area contributed by atoms with Gasteiger partial charge in [-0.2, -0.15) is 11.8 Å². The van der Waals surface area contributed by atoms with Gasteiger partial charge in [-0.1, -0.05) is 36.8 Å². The number of anilines is 1. The Morgan fingerprint density at radius 1 is 1.08 bits per heavy atom. The van der Waals surface area contributed by atoms with Crippen molar-refractivity contribution < 1.29 is 18.0 Å².